The summed E-state index contributed by atoms with van der Waals surface area (Å²) in [5.41, 5.74) is 4.19. The number of fused-ring (bicyclic) bond motifs is 3. The Morgan fingerprint density at radius 3 is 1.78 bits per heavy atom. The molecule has 0 amide bonds. The summed E-state index contributed by atoms with van der Waals surface area (Å²) >= 11 is 0. The molecule has 0 saturated carbocycles. The number of carbonyl (C=O) groups is 1. The lowest BCUT2D eigenvalue weighted by Crippen LogP contribution is -2.11. The smallest absolute Gasteiger partial charge is 0.346 e. The first-order chi connectivity index (χ1) is 26.4. The van der Waals surface area contributed by atoms with Gasteiger partial charge in [0.1, 0.15) is 35.5 Å². The Hall–Kier alpha value is -4.51. The summed E-state index contributed by atoms with van der Waals surface area (Å²) < 4.78 is 57.2. The molecule has 1 aliphatic carbocycles. The van der Waals surface area contributed by atoms with Crippen LogP contribution >= 0.6 is 0 Å². The van der Waals surface area contributed by atoms with Crippen molar-refractivity contribution < 1.29 is 47.0 Å². The van der Waals surface area contributed by atoms with Gasteiger partial charge in [-0.2, -0.15) is 4.89 Å². The molecule has 2 saturated heterocycles. The SMILES string of the molecule is CC1c2cc(OOCc3ccc(OCCCCCCC4CO4)cc3F)ccc2-c2ccc(OC(=O)c3ccc(OCCCCCCC4CO4)cc3F)cc21. The first-order valence-electron chi connectivity index (χ1n) is 19.3. The third kappa shape index (κ3) is 10.4. The van der Waals surface area contributed by atoms with Crippen LogP contribution in [0.1, 0.15) is 104 Å². The highest BCUT2D eigenvalue weighted by atomic mass is 19.1. The standard InChI is InChI=1S/C44H48F2O8/c1-29-40-22-33(53-44(47)39-19-14-32(25-43(39)46)49-21-9-5-3-7-11-36-28-51-36)15-17-37(40)38-18-16-34(23-41(29)38)54-52-26-30-12-13-31(24-42(30)45)48-20-8-4-2-6-10-35-27-50-35/h12-19,22-25,29,35-36H,2-11,20-21,26-28H2,1H3. The van der Waals surface area contributed by atoms with Gasteiger partial charge in [-0.05, 0) is 96.5 Å². The third-order valence-electron chi connectivity index (χ3n) is 10.2. The van der Waals surface area contributed by atoms with Crippen molar-refractivity contribution in [3.8, 4) is 34.1 Å². The molecule has 2 heterocycles. The fourth-order valence-electron chi connectivity index (χ4n) is 6.89. The van der Waals surface area contributed by atoms with E-state index in [9.17, 15) is 13.6 Å². The molecule has 0 radical (unpaired) electrons. The maximum Gasteiger partial charge on any atom is 0.346 e. The Balaban J connectivity index is 0.853. The Morgan fingerprint density at radius 1 is 0.648 bits per heavy atom. The van der Waals surface area contributed by atoms with Crippen molar-refractivity contribution in [2.75, 3.05) is 26.4 Å². The summed E-state index contributed by atoms with van der Waals surface area (Å²) in [4.78, 5) is 24.0. The summed E-state index contributed by atoms with van der Waals surface area (Å²) in [6.45, 7) is 4.81. The van der Waals surface area contributed by atoms with Gasteiger partial charge >= 0.3 is 5.97 Å². The molecule has 10 heteroatoms. The van der Waals surface area contributed by atoms with Crippen LogP contribution in [0, 0.1) is 11.6 Å². The number of ether oxygens (including phenoxy) is 5. The zero-order chi connectivity index (χ0) is 37.3. The molecule has 7 rings (SSSR count). The molecular weight excluding hydrogens is 694 g/mol. The molecule has 0 aromatic heterocycles. The van der Waals surface area contributed by atoms with Crippen LogP contribution in [0.25, 0.3) is 11.1 Å². The minimum atomic E-state index is -0.783. The van der Waals surface area contributed by atoms with Crippen molar-refractivity contribution >= 4 is 5.97 Å². The van der Waals surface area contributed by atoms with Crippen LogP contribution in [0.5, 0.6) is 23.0 Å². The lowest BCUT2D eigenvalue weighted by atomic mass is 9.99. The second-order valence-corrected chi connectivity index (χ2v) is 14.4. The number of esters is 1. The molecule has 4 aromatic rings. The fraction of sp³-hybridized carbons (Fsp3) is 0.432. The lowest BCUT2D eigenvalue weighted by Gasteiger charge is -2.11. The van der Waals surface area contributed by atoms with Crippen molar-refractivity contribution in [2.24, 2.45) is 0 Å². The molecule has 0 spiro atoms. The summed E-state index contributed by atoms with van der Waals surface area (Å²) in [5, 5.41) is 0. The molecule has 0 bridgehead atoms. The van der Waals surface area contributed by atoms with E-state index in [1.165, 1.54) is 24.6 Å². The van der Waals surface area contributed by atoms with Gasteiger partial charge in [0.25, 0.3) is 0 Å². The molecule has 2 aliphatic heterocycles. The van der Waals surface area contributed by atoms with E-state index in [0.29, 0.717) is 54.0 Å². The van der Waals surface area contributed by atoms with E-state index in [0.717, 1.165) is 93.3 Å². The van der Waals surface area contributed by atoms with Crippen molar-refractivity contribution in [3.63, 3.8) is 0 Å². The summed E-state index contributed by atoms with van der Waals surface area (Å²) in [5.74, 6) is -0.267. The molecule has 54 heavy (non-hydrogen) atoms. The average Bonchev–Trinajstić information content (AvgIpc) is 4.12. The number of epoxide rings is 2. The van der Waals surface area contributed by atoms with Crippen molar-refractivity contribution in [3.05, 3.63) is 107 Å². The van der Waals surface area contributed by atoms with Crippen LogP contribution in [0.4, 0.5) is 8.78 Å². The highest BCUT2D eigenvalue weighted by Gasteiger charge is 2.27. The topological polar surface area (TPSA) is 88.3 Å². The number of halogens is 2. The highest BCUT2D eigenvalue weighted by Crippen LogP contribution is 2.47. The highest BCUT2D eigenvalue weighted by molar-refractivity contribution is 5.92. The van der Waals surface area contributed by atoms with Crippen molar-refractivity contribution in [2.45, 2.75) is 95.9 Å². The predicted molar refractivity (Wildman–Crippen MR) is 199 cm³/mol. The zero-order valence-electron chi connectivity index (χ0n) is 30.8. The number of unbranched alkanes of at least 4 members (excludes halogenated alkanes) is 6. The van der Waals surface area contributed by atoms with Crippen LogP contribution in [0.15, 0.2) is 72.8 Å². The second kappa shape index (κ2) is 18.2. The minimum Gasteiger partial charge on any atom is -0.493 e. The lowest BCUT2D eigenvalue weighted by molar-refractivity contribution is -0.218. The summed E-state index contributed by atoms with van der Waals surface area (Å²) in [6, 6.07) is 20.0. The van der Waals surface area contributed by atoms with E-state index >= 15 is 0 Å². The van der Waals surface area contributed by atoms with Crippen LogP contribution in [0.2, 0.25) is 0 Å². The normalized spacial score (nSPS) is 17.8. The van der Waals surface area contributed by atoms with Crippen LogP contribution in [-0.4, -0.2) is 44.6 Å². The third-order valence-corrected chi connectivity index (χ3v) is 10.2. The Bertz CT molecular complexity index is 1890. The Kier molecular flexibility index (Phi) is 12.7. The van der Waals surface area contributed by atoms with Gasteiger partial charge < -0.3 is 28.6 Å². The van der Waals surface area contributed by atoms with Gasteiger partial charge in [-0.25, -0.2) is 13.6 Å². The van der Waals surface area contributed by atoms with Crippen molar-refractivity contribution in [1.29, 1.82) is 0 Å². The molecule has 8 nitrogen and oxygen atoms in total. The van der Waals surface area contributed by atoms with Gasteiger partial charge in [-0.15, -0.1) is 0 Å². The monoisotopic (exact) mass is 742 g/mol. The van der Waals surface area contributed by atoms with E-state index in [1.54, 1.807) is 30.3 Å². The van der Waals surface area contributed by atoms with E-state index in [2.05, 4.69) is 0 Å². The van der Waals surface area contributed by atoms with Gasteiger partial charge in [0.05, 0.1) is 44.2 Å². The Labute approximate surface area is 315 Å². The number of benzene rings is 4. The van der Waals surface area contributed by atoms with Gasteiger partial charge in [-0.3, -0.25) is 0 Å². The number of rotatable bonds is 22. The molecule has 286 valence electrons. The molecule has 0 N–H and O–H groups in total. The molecule has 2 fully saturated rings. The summed E-state index contributed by atoms with van der Waals surface area (Å²) in [7, 11) is 0. The van der Waals surface area contributed by atoms with Gasteiger partial charge in [0, 0.05) is 23.6 Å². The van der Waals surface area contributed by atoms with Crippen LogP contribution in [0.3, 0.4) is 0 Å². The molecule has 3 atom stereocenters. The first-order valence-corrected chi connectivity index (χ1v) is 19.3. The Morgan fingerprint density at radius 2 is 1.19 bits per heavy atom. The number of carbonyl (C=O) groups excluding carboxylic acids is 1. The first kappa shape index (κ1) is 37.8. The van der Waals surface area contributed by atoms with Crippen molar-refractivity contribution in [1.82, 2.24) is 0 Å². The van der Waals surface area contributed by atoms with Crippen LogP contribution in [-0.2, 0) is 21.0 Å². The maximum atomic E-state index is 14.9. The largest absolute Gasteiger partial charge is 0.493 e. The van der Waals surface area contributed by atoms with Crippen LogP contribution < -0.4 is 19.1 Å². The molecular formula is C44H48F2O8. The van der Waals surface area contributed by atoms with Gasteiger partial charge in [-0.1, -0.05) is 57.6 Å². The van der Waals surface area contributed by atoms with E-state index in [-0.39, 0.29) is 18.1 Å². The minimum absolute atomic E-state index is 0.0417. The fourth-order valence-corrected chi connectivity index (χ4v) is 6.89. The quantitative estimate of drug-likeness (QED) is 0.0196. The molecule has 4 aromatic carbocycles. The van der Waals surface area contributed by atoms with E-state index < -0.39 is 17.6 Å². The zero-order valence-corrected chi connectivity index (χ0v) is 30.8. The molecule has 3 unspecified atom stereocenters. The predicted octanol–water partition coefficient (Wildman–Crippen LogP) is 10.3. The second-order valence-electron chi connectivity index (χ2n) is 14.4. The van der Waals surface area contributed by atoms with Gasteiger partial charge in [0.15, 0.2) is 5.75 Å². The number of hydrogen-bond donors (Lipinski definition) is 0. The average molecular weight is 743 g/mol. The molecule has 3 aliphatic rings. The number of hydrogen-bond acceptors (Lipinski definition) is 8. The maximum absolute atomic E-state index is 14.9. The van der Waals surface area contributed by atoms with Gasteiger partial charge in [0.2, 0.25) is 0 Å². The summed E-state index contributed by atoms with van der Waals surface area (Å²) in [6.07, 6.45) is 11.7. The van der Waals surface area contributed by atoms with E-state index in [4.69, 9.17) is 33.5 Å². The van der Waals surface area contributed by atoms with E-state index in [1.807, 2.05) is 31.2 Å².